The van der Waals surface area contributed by atoms with Crippen molar-refractivity contribution in [3.05, 3.63) is 88.1 Å². The predicted octanol–water partition coefficient (Wildman–Crippen LogP) is 4.32. The molecule has 6 heteroatoms. The van der Waals surface area contributed by atoms with Crippen LogP contribution in [0.1, 0.15) is 33.3 Å². The van der Waals surface area contributed by atoms with E-state index in [0.29, 0.717) is 17.7 Å². The van der Waals surface area contributed by atoms with Gasteiger partial charge in [0.05, 0.1) is 17.3 Å². The van der Waals surface area contributed by atoms with Crippen LogP contribution in [0.25, 0.3) is 0 Å². The van der Waals surface area contributed by atoms with Gasteiger partial charge in [-0.15, -0.1) is 11.3 Å². The lowest BCUT2D eigenvalue weighted by molar-refractivity contribution is -0.135. The third kappa shape index (κ3) is 3.73. The molecular weight excluding hydrogens is 372 g/mol. The van der Waals surface area contributed by atoms with Crippen LogP contribution < -0.4 is 4.74 Å². The van der Waals surface area contributed by atoms with Gasteiger partial charge in [0.1, 0.15) is 5.75 Å². The average Bonchev–Trinajstić information content (AvgIpc) is 3.42. The molecule has 0 saturated heterocycles. The lowest BCUT2D eigenvalue weighted by Crippen LogP contribution is -2.31. The number of rotatable bonds is 6. The monoisotopic (exact) mass is 390 g/mol. The molecule has 1 amide bonds. The second-order valence-electron chi connectivity index (χ2n) is 6.33. The number of benzene rings is 2. The number of thiophene rings is 1. The molecule has 28 heavy (non-hydrogen) atoms. The van der Waals surface area contributed by atoms with Crippen LogP contribution in [0.4, 0.5) is 0 Å². The molecule has 1 aromatic heterocycles. The molecule has 0 fully saturated rings. The minimum absolute atomic E-state index is 0.146. The van der Waals surface area contributed by atoms with Gasteiger partial charge in [0.25, 0.3) is 5.91 Å². The van der Waals surface area contributed by atoms with Crippen molar-refractivity contribution in [3.63, 3.8) is 0 Å². The van der Waals surface area contributed by atoms with Gasteiger partial charge in [0, 0.05) is 11.3 Å². The average molecular weight is 390 g/mol. The topological polar surface area (TPSA) is 59.0 Å². The fourth-order valence-corrected chi connectivity index (χ4v) is 3.97. The fraction of sp³-hybridized carbons (Fsp3) is 0.136. The summed E-state index contributed by atoms with van der Waals surface area (Å²) < 4.78 is 5.62. The van der Waals surface area contributed by atoms with Crippen molar-refractivity contribution in [1.82, 2.24) is 5.01 Å². The Morgan fingerprint density at radius 3 is 2.64 bits per heavy atom. The van der Waals surface area contributed by atoms with Crippen molar-refractivity contribution < 1.29 is 14.3 Å². The molecule has 0 radical (unpaired) electrons. The highest BCUT2D eigenvalue weighted by molar-refractivity contribution is 7.10. The van der Waals surface area contributed by atoms with Crippen LogP contribution in [0.15, 0.2) is 77.2 Å². The Morgan fingerprint density at radius 1 is 1.11 bits per heavy atom. The lowest BCUT2D eigenvalue weighted by atomic mass is 10.0. The van der Waals surface area contributed by atoms with E-state index in [1.807, 2.05) is 47.8 Å². The Balaban J connectivity index is 1.56. The van der Waals surface area contributed by atoms with Crippen LogP contribution >= 0.6 is 11.3 Å². The van der Waals surface area contributed by atoms with Gasteiger partial charge in [-0.3, -0.25) is 9.59 Å². The molecule has 0 saturated carbocycles. The number of carbonyl (C=O) groups is 2. The van der Waals surface area contributed by atoms with Gasteiger partial charge in [-0.05, 0) is 29.1 Å². The third-order valence-electron chi connectivity index (χ3n) is 4.54. The van der Waals surface area contributed by atoms with E-state index in [2.05, 4.69) is 5.10 Å². The summed E-state index contributed by atoms with van der Waals surface area (Å²) in [5, 5.41) is 8.12. The molecular formula is C22H18N2O3S. The van der Waals surface area contributed by atoms with Crippen molar-refractivity contribution in [1.29, 1.82) is 0 Å². The molecule has 1 atom stereocenters. The number of amides is 1. The number of hydrazone groups is 1. The largest absolute Gasteiger partial charge is 0.483 e. The number of para-hydroxylation sites is 1. The SMILES string of the molecule is O=Cc1ccccc1OCC(=O)N1N=C(c2ccccc2)CC1c1cccs1. The van der Waals surface area contributed by atoms with E-state index in [0.717, 1.165) is 22.4 Å². The smallest absolute Gasteiger partial charge is 0.281 e. The highest BCUT2D eigenvalue weighted by atomic mass is 32.1. The molecule has 2 aromatic carbocycles. The van der Waals surface area contributed by atoms with E-state index in [9.17, 15) is 9.59 Å². The first kappa shape index (κ1) is 18.1. The maximum Gasteiger partial charge on any atom is 0.281 e. The summed E-state index contributed by atoms with van der Waals surface area (Å²) in [6, 6.07) is 20.6. The molecule has 1 aliphatic rings. The van der Waals surface area contributed by atoms with Crippen LogP contribution in [0.5, 0.6) is 5.75 Å². The predicted molar refractivity (Wildman–Crippen MR) is 109 cm³/mol. The first-order valence-electron chi connectivity index (χ1n) is 8.91. The number of aldehydes is 1. The summed E-state index contributed by atoms with van der Waals surface area (Å²) in [5.74, 6) is 0.148. The number of hydrogen-bond acceptors (Lipinski definition) is 5. The zero-order chi connectivity index (χ0) is 19.3. The zero-order valence-electron chi connectivity index (χ0n) is 15.0. The summed E-state index contributed by atoms with van der Waals surface area (Å²) in [6.45, 7) is -0.182. The molecule has 3 aromatic rings. The van der Waals surface area contributed by atoms with Crippen molar-refractivity contribution in [2.45, 2.75) is 12.5 Å². The van der Waals surface area contributed by atoms with Gasteiger partial charge in [0.2, 0.25) is 0 Å². The first-order chi connectivity index (χ1) is 13.8. The number of ether oxygens (including phenoxy) is 1. The molecule has 0 bridgehead atoms. The second kappa shape index (κ2) is 8.19. The molecule has 0 spiro atoms. The Bertz CT molecular complexity index is 1000. The molecule has 0 N–H and O–H groups in total. The van der Waals surface area contributed by atoms with Crippen molar-refractivity contribution in [2.24, 2.45) is 5.10 Å². The van der Waals surface area contributed by atoms with E-state index in [4.69, 9.17) is 4.74 Å². The third-order valence-corrected chi connectivity index (χ3v) is 5.52. The summed E-state index contributed by atoms with van der Waals surface area (Å²) in [4.78, 5) is 25.1. The summed E-state index contributed by atoms with van der Waals surface area (Å²) in [7, 11) is 0. The Labute approximate surface area is 166 Å². The van der Waals surface area contributed by atoms with Gasteiger partial charge in [0.15, 0.2) is 12.9 Å². The van der Waals surface area contributed by atoms with Gasteiger partial charge < -0.3 is 4.74 Å². The molecule has 4 rings (SSSR count). The summed E-state index contributed by atoms with van der Waals surface area (Å²) in [5.41, 5.74) is 2.30. The van der Waals surface area contributed by atoms with Gasteiger partial charge in [-0.25, -0.2) is 5.01 Å². The van der Waals surface area contributed by atoms with E-state index in [1.54, 1.807) is 35.6 Å². The highest BCUT2D eigenvalue weighted by Crippen LogP contribution is 2.35. The van der Waals surface area contributed by atoms with Crippen LogP contribution in [-0.4, -0.2) is 29.5 Å². The molecule has 0 aliphatic carbocycles. The van der Waals surface area contributed by atoms with Crippen LogP contribution in [-0.2, 0) is 4.79 Å². The van der Waals surface area contributed by atoms with E-state index >= 15 is 0 Å². The van der Waals surface area contributed by atoms with Gasteiger partial charge >= 0.3 is 0 Å². The maximum absolute atomic E-state index is 12.9. The number of nitrogens with zero attached hydrogens (tertiary/aromatic N) is 2. The van der Waals surface area contributed by atoms with Crippen LogP contribution in [0.2, 0.25) is 0 Å². The van der Waals surface area contributed by atoms with E-state index in [-0.39, 0.29) is 18.6 Å². The van der Waals surface area contributed by atoms with Gasteiger partial charge in [-0.1, -0.05) is 48.5 Å². The zero-order valence-corrected chi connectivity index (χ0v) is 15.8. The van der Waals surface area contributed by atoms with Gasteiger partial charge in [-0.2, -0.15) is 5.10 Å². The standard InChI is InChI=1S/C22H18N2O3S/c25-14-17-9-4-5-10-20(17)27-15-22(26)24-19(21-11-6-12-28-21)13-18(23-24)16-7-2-1-3-8-16/h1-12,14,19H,13,15H2. The Kier molecular flexibility index (Phi) is 5.30. The number of carbonyl (C=O) groups excluding carboxylic acids is 2. The molecule has 140 valence electrons. The summed E-state index contributed by atoms with van der Waals surface area (Å²) in [6.07, 6.45) is 1.37. The summed E-state index contributed by atoms with van der Waals surface area (Å²) >= 11 is 1.60. The van der Waals surface area contributed by atoms with Crippen molar-refractivity contribution in [2.75, 3.05) is 6.61 Å². The van der Waals surface area contributed by atoms with E-state index < -0.39 is 0 Å². The molecule has 1 aliphatic heterocycles. The highest BCUT2D eigenvalue weighted by Gasteiger charge is 2.33. The molecule has 5 nitrogen and oxygen atoms in total. The second-order valence-corrected chi connectivity index (χ2v) is 7.31. The van der Waals surface area contributed by atoms with Crippen LogP contribution in [0.3, 0.4) is 0 Å². The van der Waals surface area contributed by atoms with E-state index in [1.165, 1.54) is 5.01 Å². The maximum atomic E-state index is 12.9. The minimum Gasteiger partial charge on any atom is -0.483 e. The van der Waals surface area contributed by atoms with Crippen molar-refractivity contribution in [3.8, 4) is 5.75 Å². The van der Waals surface area contributed by atoms with Crippen molar-refractivity contribution >= 4 is 29.2 Å². The van der Waals surface area contributed by atoms with Crippen LogP contribution in [0, 0.1) is 0 Å². The number of hydrogen-bond donors (Lipinski definition) is 0. The molecule has 1 unspecified atom stereocenters. The first-order valence-corrected chi connectivity index (χ1v) is 9.79. The lowest BCUT2D eigenvalue weighted by Gasteiger charge is -2.21. The normalized spacial score (nSPS) is 15.9. The quantitative estimate of drug-likeness (QED) is 0.589. The fourth-order valence-electron chi connectivity index (χ4n) is 3.16. The minimum atomic E-state index is -0.245. The molecule has 2 heterocycles. The Hall–Kier alpha value is -3.25. The Morgan fingerprint density at radius 2 is 1.89 bits per heavy atom.